The minimum Gasteiger partial charge on any atom is -0.406 e. The van der Waals surface area contributed by atoms with Crippen LogP contribution in [0.15, 0.2) is 158 Å². The van der Waals surface area contributed by atoms with Crippen molar-refractivity contribution in [3.63, 3.8) is 0 Å². The summed E-state index contributed by atoms with van der Waals surface area (Å²) in [5.74, 6) is -0.478. The zero-order chi connectivity index (χ0) is 35.1. The molecule has 0 atom stereocenters. The molecule has 0 saturated carbocycles. The van der Waals surface area contributed by atoms with Gasteiger partial charge in [0, 0.05) is 26.1 Å². The molecule has 0 spiro atoms. The van der Waals surface area contributed by atoms with Crippen molar-refractivity contribution >= 4 is 57.1 Å². The van der Waals surface area contributed by atoms with Gasteiger partial charge in [-0.25, -0.2) is 13.1 Å². The minimum absolute atomic E-state index is 0. The van der Waals surface area contributed by atoms with E-state index in [4.69, 9.17) is 5.73 Å². The molecule has 264 valence electrons. The Bertz CT molecular complexity index is 2060. The van der Waals surface area contributed by atoms with Crippen molar-refractivity contribution in [2.45, 2.75) is 43.7 Å². The third-order valence-corrected chi connectivity index (χ3v) is 11.6. The molecule has 0 saturated heterocycles. The van der Waals surface area contributed by atoms with E-state index >= 15 is 0 Å². The van der Waals surface area contributed by atoms with Crippen LogP contribution in [-0.4, -0.2) is 27.9 Å². The van der Waals surface area contributed by atoms with Crippen LogP contribution in [0, 0.1) is 0 Å². The molecule has 3 N–H and O–H groups in total. The minimum atomic E-state index is -4.83. The molecule has 2 heterocycles. The lowest BCUT2D eigenvalue weighted by Gasteiger charge is -2.22. The number of ether oxygens (including phenoxy) is 1. The van der Waals surface area contributed by atoms with Gasteiger partial charge in [-0.1, -0.05) is 108 Å². The van der Waals surface area contributed by atoms with Crippen LogP contribution in [0.2, 0.25) is 0 Å². The highest BCUT2D eigenvalue weighted by atomic mass is 35.5. The molecule has 7 rings (SSSR count). The van der Waals surface area contributed by atoms with Crippen LogP contribution >= 0.6 is 35.9 Å². The first-order valence-electron chi connectivity index (χ1n) is 15.8. The number of hydrogen-bond acceptors (Lipinski definition) is 6. The molecule has 0 bridgehead atoms. The highest BCUT2D eigenvalue weighted by Crippen LogP contribution is 2.46. The number of nitrogens with one attached hydrogen (secondary N) is 1. The zero-order valence-corrected chi connectivity index (χ0v) is 30.4. The molecule has 5 nitrogen and oxygen atoms in total. The first-order valence-corrected chi connectivity index (χ1v) is 18.9. The second-order valence-electron chi connectivity index (χ2n) is 11.2. The van der Waals surface area contributed by atoms with Crippen LogP contribution in [0.3, 0.4) is 0 Å². The van der Waals surface area contributed by atoms with E-state index in [9.17, 15) is 21.6 Å². The standard InChI is InChI=1S/C23H18F3NO3S2.C16H15NS.ClH/c24-23(25,26)30-16-11-13-17(14-12-16)32(28,29)27-15-5-8-18-19-6-1-3-9-21(19)31-22-10-4-2-7-20(18)22;17-11-5-8-12-13-6-1-3-9-15(13)18-16-10-4-2-7-14(12)16;/h1-4,6-14,27H,5,15H2;1-4,6-10H,5,11,17H2;1H. The van der Waals surface area contributed by atoms with Gasteiger partial charge in [-0.05, 0) is 101 Å². The Kier molecular flexibility index (Phi) is 12.8. The van der Waals surface area contributed by atoms with Crippen molar-refractivity contribution < 1.29 is 26.3 Å². The smallest absolute Gasteiger partial charge is 0.406 e. The normalized spacial score (nSPS) is 12.9. The largest absolute Gasteiger partial charge is 0.573 e. The van der Waals surface area contributed by atoms with Crippen molar-refractivity contribution in [2.75, 3.05) is 13.1 Å². The summed E-state index contributed by atoms with van der Waals surface area (Å²) < 4.78 is 68.0. The maximum absolute atomic E-state index is 12.5. The molecule has 0 aromatic heterocycles. The number of hydrogen-bond donors (Lipinski definition) is 2. The molecular weight excluding hydrogens is 733 g/mol. The lowest BCUT2D eigenvalue weighted by molar-refractivity contribution is -0.274. The second-order valence-corrected chi connectivity index (χ2v) is 15.1. The number of halogens is 4. The van der Waals surface area contributed by atoms with Crippen molar-refractivity contribution in [2.24, 2.45) is 5.73 Å². The summed E-state index contributed by atoms with van der Waals surface area (Å²) in [7, 11) is -3.86. The zero-order valence-electron chi connectivity index (χ0n) is 27.1. The van der Waals surface area contributed by atoms with Gasteiger partial charge in [0.05, 0.1) is 4.90 Å². The lowest BCUT2D eigenvalue weighted by atomic mass is 9.96. The molecule has 2 aliphatic rings. The van der Waals surface area contributed by atoms with Gasteiger partial charge in [-0.15, -0.1) is 25.6 Å². The van der Waals surface area contributed by atoms with E-state index in [1.807, 2.05) is 54.2 Å². The Labute approximate surface area is 310 Å². The Hall–Kier alpha value is -3.97. The molecule has 0 unspecified atom stereocenters. The Morgan fingerprint density at radius 2 is 1.02 bits per heavy atom. The molecule has 5 aromatic carbocycles. The highest BCUT2D eigenvalue weighted by molar-refractivity contribution is 7.99. The molecule has 0 fully saturated rings. The molecule has 0 radical (unpaired) electrons. The Morgan fingerprint density at radius 1 is 0.627 bits per heavy atom. The van der Waals surface area contributed by atoms with E-state index in [1.165, 1.54) is 26.5 Å². The average molecular weight is 767 g/mol. The number of sulfonamides is 1. The third kappa shape index (κ3) is 9.48. The van der Waals surface area contributed by atoms with E-state index in [0.717, 1.165) is 57.2 Å². The van der Waals surface area contributed by atoms with Gasteiger partial charge in [0.1, 0.15) is 5.75 Å². The molecule has 0 amide bonds. The van der Waals surface area contributed by atoms with Crippen LogP contribution in [0.4, 0.5) is 13.2 Å². The number of nitrogens with two attached hydrogens (primary N) is 1. The van der Waals surface area contributed by atoms with Crippen LogP contribution in [0.1, 0.15) is 35.1 Å². The van der Waals surface area contributed by atoms with Crippen LogP contribution in [-0.2, 0) is 10.0 Å². The van der Waals surface area contributed by atoms with Crippen molar-refractivity contribution in [3.8, 4) is 5.75 Å². The Balaban J connectivity index is 0.000000224. The summed E-state index contributed by atoms with van der Waals surface area (Å²) in [4.78, 5) is 4.81. The van der Waals surface area contributed by atoms with Gasteiger partial charge in [0.25, 0.3) is 0 Å². The van der Waals surface area contributed by atoms with Crippen molar-refractivity contribution in [3.05, 3.63) is 156 Å². The molecule has 12 heteroatoms. The summed E-state index contributed by atoms with van der Waals surface area (Å²) in [6.45, 7) is 0.838. The van der Waals surface area contributed by atoms with E-state index in [0.29, 0.717) is 13.0 Å². The number of fused-ring (bicyclic) bond motifs is 4. The van der Waals surface area contributed by atoms with E-state index in [1.54, 1.807) is 11.8 Å². The first-order chi connectivity index (χ1) is 24.1. The molecule has 0 aliphatic carbocycles. The number of alkyl halides is 3. The summed E-state index contributed by atoms with van der Waals surface area (Å²) in [5, 5.41) is 0. The highest BCUT2D eigenvalue weighted by Gasteiger charge is 2.31. The summed E-state index contributed by atoms with van der Waals surface area (Å²) in [6, 6.07) is 37.3. The fourth-order valence-electron chi connectivity index (χ4n) is 5.62. The van der Waals surface area contributed by atoms with Gasteiger partial charge in [-0.2, -0.15) is 0 Å². The summed E-state index contributed by atoms with van der Waals surface area (Å²) >= 11 is 3.55. The summed E-state index contributed by atoms with van der Waals surface area (Å²) in [6.07, 6.45) is 0.790. The van der Waals surface area contributed by atoms with E-state index in [-0.39, 0.29) is 23.8 Å². The lowest BCUT2D eigenvalue weighted by Crippen LogP contribution is -2.24. The van der Waals surface area contributed by atoms with Gasteiger partial charge in [-0.3, -0.25) is 0 Å². The molecule has 2 aliphatic heterocycles. The van der Waals surface area contributed by atoms with Gasteiger partial charge in [0.2, 0.25) is 10.0 Å². The predicted octanol–water partition coefficient (Wildman–Crippen LogP) is 10.2. The van der Waals surface area contributed by atoms with Crippen LogP contribution in [0.5, 0.6) is 5.75 Å². The summed E-state index contributed by atoms with van der Waals surface area (Å²) in [5.41, 5.74) is 12.9. The number of benzene rings is 5. The monoisotopic (exact) mass is 766 g/mol. The first kappa shape index (κ1) is 38.3. The quantitative estimate of drug-likeness (QED) is 0.150. The molecular formula is C39H34ClF3N2O3S3. The van der Waals surface area contributed by atoms with E-state index < -0.39 is 22.1 Å². The maximum atomic E-state index is 12.5. The Morgan fingerprint density at radius 3 is 1.41 bits per heavy atom. The fourth-order valence-corrected chi connectivity index (χ4v) is 8.88. The van der Waals surface area contributed by atoms with Crippen LogP contribution in [0.25, 0.3) is 11.1 Å². The average Bonchev–Trinajstić information content (AvgIpc) is 3.11. The van der Waals surface area contributed by atoms with E-state index in [2.05, 4.69) is 76.2 Å². The predicted molar refractivity (Wildman–Crippen MR) is 202 cm³/mol. The van der Waals surface area contributed by atoms with Crippen LogP contribution < -0.4 is 15.2 Å². The fraction of sp³-hybridized carbons (Fsp3) is 0.128. The van der Waals surface area contributed by atoms with Gasteiger partial charge >= 0.3 is 6.36 Å². The van der Waals surface area contributed by atoms with Gasteiger partial charge < -0.3 is 10.5 Å². The van der Waals surface area contributed by atoms with Crippen molar-refractivity contribution in [1.82, 2.24) is 4.72 Å². The molecule has 5 aromatic rings. The van der Waals surface area contributed by atoms with Crippen molar-refractivity contribution in [1.29, 1.82) is 0 Å². The maximum Gasteiger partial charge on any atom is 0.573 e. The number of rotatable bonds is 8. The topological polar surface area (TPSA) is 81.4 Å². The van der Waals surface area contributed by atoms with Gasteiger partial charge in [0.15, 0.2) is 0 Å². The third-order valence-electron chi connectivity index (χ3n) is 7.82. The molecule has 51 heavy (non-hydrogen) atoms. The second kappa shape index (κ2) is 17.0. The SMILES string of the molecule is Cl.NCCC=C1c2ccccc2Sc2ccccc21.O=S(=O)(NCCC=C1c2ccccc2Sc2ccccc21)c1ccc(OC(F)(F)F)cc1.